The molecule has 3 aromatic rings. The van der Waals surface area contributed by atoms with E-state index in [0.29, 0.717) is 50.4 Å². The number of nitrogens with zero attached hydrogens (tertiary/aromatic N) is 5. The van der Waals surface area contributed by atoms with Gasteiger partial charge >= 0.3 is 12.1 Å². The Balaban J connectivity index is 1.39. The molecule has 0 unspecified atom stereocenters. The van der Waals surface area contributed by atoms with E-state index < -0.39 is 23.6 Å². The summed E-state index contributed by atoms with van der Waals surface area (Å²) in [5.41, 5.74) is -0.0436. The van der Waals surface area contributed by atoms with Crippen LogP contribution in [0.5, 0.6) is 5.75 Å². The van der Waals surface area contributed by atoms with Crippen molar-refractivity contribution >= 4 is 34.2 Å². The highest BCUT2D eigenvalue weighted by Gasteiger charge is 2.36. The standard InChI is InChI=1S/C32H39F3N6O4S/c1-4-14-45-24-7-6-21(15-22(24)32(33,34)35)27-25(18-40-11-5-10-31(2,3)19-40)46-30(38-27)39-28(42)23-16-37-26(17-36-23)41-12-8-20(9-13-41)29(43)44/h6-7,15-17,20H,4-5,8-14,18-19H2,1-3H3,(H,43,44)(H,38,39,42). The maximum atomic E-state index is 14.1. The summed E-state index contributed by atoms with van der Waals surface area (Å²) in [6.45, 7) is 9.62. The molecule has 1 aromatic carbocycles. The van der Waals surface area contributed by atoms with E-state index in [1.54, 1.807) is 6.07 Å². The zero-order chi connectivity index (χ0) is 33.1. The number of thiazole rings is 1. The van der Waals surface area contributed by atoms with Crippen molar-refractivity contribution in [2.45, 2.75) is 65.6 Å². The van der Waals surface area contributed by atoms with Crippen molar-refractivity contribution < 1.29 is 32.6 Å². The van der Waals surface area contributed by atoms with Crippen molar-refractivity contribution in [3.05, 3.63) is 46.7 Å². The first kappa shape index (κ1) is 33.6. The van der Waals surface area contributed by atoms with Crippen LogP contribution in [-0.4, -0.2) is 69.6 Å². The molecule has 0 bridgehead atoms. The van der Waals surface area contributed by atoms with Crippen LogP contribution < -0.4 is 15.0 Å². The fraction of sp³-hybridized carbons (Fsp3) is 0.531. The van der Waals surface area contributed by atoms with Gasteiger partial charge in [0.05, 0.1) is 36.2 Å². The molecule has 2 aromatic heterocycles. The first-order valence-electron chi connectivity index (χ1n) is 15.5. The Morgan fingerprint density at radius 2 is 1.91 bits per heavy atom. The number of amides is 1. The van der Waals surface area contributed by atoms with Crippen molar-refractivity contribution in [1.82, 2.24) is 19.9 Å². The third kappa shape index (κ3) is 8.13. The normalized spacial score (nSPS) is 17.6. The number of benzene rings is 1. The number of aliphatic carboxylic acids is 1. The summed E-state index contributed by atoms with van der Waals surface area (Å²) in [5, 5.41) is 12.2. The second-order valence-corrected chi connectivity index (χ2v) is 13.7. The van der Waals surface area contributed by atoms with E-state index in [1.165, 1.54) is 29.8 Å². The van der Waals surface area contributed by atoms with Crippen LogP contribution in [0.4, 0.5) is 24.1 Å². The predicted octanol–water partition coefficient (Wildman–Crippen LogP) is 6.58. The third-order valence-corrected chi connectivity index (χ3v) is 9.28. The molecule has 14 heteroatoms. The summed E-state index contributed by atoms with van der Waals surface area (Å²) >= 11 is 1.23. The second-order valence-electron chi connectivity index (χ2n) is 12.6. The molecule has 46 heavy (non-hydrogen) atoms. The Labute approximate surface area is 270 Å². The minimum Gasteiger partial charge on any atom is -0.493 e. The van der Waals surface area contributed by atoms with Gasteiger partial charge < -0.3 is 14.7 Å². The van der Waals surface area contributed by atoms with Crippen molar-refractivity contribution in [2.75, 3.05) is 43.0 Å². The number of hydrogen-bond donors (Lipinski definition) is 2. The van der Waals surface area contributed by atoms with Gasteiger partial charge in [-0.3, -0.25) is 19.8 Å². The summed E-state index contributed by atoms with van der Waals surface area (Å²) in [5.74, 6) is -1.40. The van der Waals surface area contributed by atoms with Gasteiger partial charge in [0.2, 0.25) is 0 Å². The number of piperidine rings is 2. The van der Waals surface area contributed by atoms with E-state index in [4.69, 9.17) is 4.74 Å². The van der Waals surface area contributed by atoms with Gasteiger partial charge in [0.25, 0.3) is 5.91 Å². The number of carbonyl (C=O) groups excluding carboxylic acids is 1. The molecule has 2 aliphatic rings. The number of aromatic nitrogens is 3. The smallest absolute Gasteiger partial charge is 0.419 e. The Bertz CT molecular complexity index is 1540. The van der Waals surface area contributed by atoms with E-state index in [9.17, 15) is 27.9 Å². The van der Waals surface area contributed by atoms with Crippen LogP contribution in [0.1, 0.15) is 73.8 Å². The lowest BCUT2D eigenvalue weighted by atomic mass is 9.84. The number of hydrogen-bond acceptors (Lipinski definition) is 9. The maximum Gasteiger partial charge on any atom is 0.419 e. The zero-order valence-electron chi connectivity index (χ0n) is 26.2. The molecule has 0 spiro atoms. The summed E-state index contributed by atoms with van der Waals surface area (Å²) in [4.78, 5) is 42.7. The van der Waals surface area contributed by atoms with Crippen LogP contribution in [0.25, 0.3) is 11.3 Å². The molecule has 5 rings (SSSR count). The summed E-state index contributed by atoms with van der Waals surface area (Å²) in [7, 11) is 0. The van der Waals surface area contributed by atoms with E-state index in [0.717, 1.165) is 36.9 Å². The lowest BCUT2D eigenvalue weighted by Gasteiger charge is -2.37. The number of nitrogens with one attached hydrogen (secondary N) is 1. The van der Waals surface area contributed by atoms with Gasteiger partial charge in [-0.05, 0) is 62.3 Å². The monoisotopic (exact) mass is 660 g/mol. The Hall–Kier alpha value is -3.78. The van der Waals surface area contributed by atoms with Crippen molar-refractivity contribution in [3.63, 3.8) is 0 Å². The number of alkyl halides is 3. The molecular weight excluding hydrogens is 621 g/mol. The average Bonchev–Trinajstić information content (AvgIpc) is 3.40. The molecule has 1 amide bonds. The highest BCUT2D eigenvalue weighted by molar-refractivity contribution is 7.16. The number of ether oxygens (including phenoxy) is 1. The SMILES string of the molecule is CCCOc1ccc(-c2nc(NC(=O)c3cnc(N4CCC(C(=O)O)CC4)cn3)sc2CN2CCCC(C)(C)C2)cc1C(F)(F)F. The number of carboxylic acid groups (broad SMARTS) is 1. The summed E-state index contributed by atoms with van der Waals surface area (Å²) < 4.78 is 47.7. The lowest BCUT2D eigenvalue weighted by Crippen LogP contribution is -2.39. The lowest BCUT2D eigenvalue weighted by molar-refractivity contribution is -0.142. The molecule has 2 N–H and O–H groups in total. The van der Waals surface area contributed by atoms with Crippen LogP contribution in [0.3, 0.4) is 0 Å². The Kier molecular flexibility index (Phi) is 10.2. The minimum absolute atomic E-state index is 0.0528. The molecule has 0 radical (unpaired) electrons. The van der Waals surface area contributed by atoms with Crippen molar-refractivity contribution in [1.29, 1.82) is 0 Å². The third-order valence-electron chi connectivity index (χ3n) is 8.32. The number of halogens is 3. The van der Waals surface area contributed by atoms with Crippen LogP contribution >= 0.6 is 11.3 Å². The topological polar surface area (TPSA) is 121 Å². The molecule has 2 fully saturated rings. The van der Waals surface area contributed by atoms with Crippen molar-refractivity contribution in [2.24, 2.45) is 11.3 Å². The minimum atomic E-state index is -4.62. The zero-order valence-corrected chi connectivity index (χ0v) is 27.0. The van der Waals surface area contributed by atoms with Crippen LogP contribution in [0.15, 0.2) is 30.6 Å². The van der Waals surface area contributed by atoms with Crippen LogP contribution in [-0.2, 0) is 17.5 Å². The van der Waals surface area contributed by atoms with Gasteiger partial charge in [-0.2, -0.15) is 13.2 Å². The molecule has 0 atom stereocenters. The Morgan fingerprint density at radius 1 is 1.15 bits per heavy atom. The number of carboxylic acids is 1. The number of anilines is 2. The first-order chi connectivity index (χ1) is 21.8. The quantitative estimate of drug-likeness (QED) is 0.248. The molecule has 2 saturated heterocycles. The molecule has 248 valence electrons. The summed E-state index contributed by atoms with van der Waals surface area (Å²) in [6.07, 6.45) is 1.89. The van der Waals surface area contributed by atoms with E-state index in [2.05, 4.69) is 39.0 Å². The Morgan fingerprint density at radius 3 is 2.54 bits per heavy atom. The fourth-order valence-corrected chi connectivity index (χ4v) is 7.00. The van der Waals surface area contributed by atoms with Gasteiger partial charge in [-0.15, -0.1) is 0 Å². The maximum absolute atomic E-state index is 14.1. The fourth-order valence-electron chi connectivity index (χ4n) is 5.98. The second kappa shape index (κ2) is 13.9. The number of likely N-dealkylation sites (tertiary alicyclic amines) is 1. The molecular formula is C32H39F3N6O4S. The summed E-state index contributed by atoms with van der Waals surface area (Å²) in [6, 6.07) is 3.98. The van der Waals surface area contributed by atoms with Crippen molar-refractivity contribution in [3.8, 4) is 17.0 Å². The first-order valence-corrected chi connectivity index (χ1v) is 16.3. The molecule has 0 saturated carbocycles. The molecule has 0 aliphatic carbocycles. The van der Waals surface area contributed by atoms with Gasteiger partial charge in [0.1, 0.15) is 17.3 Å². The average molecular weight is 661 g/mol. The van der Waals surface area contributed by atoms with Gasteiger partial charge in [0, 0.05) is 36.6 Å². The van der Waals surface area contributed by atoms with Crippen LogP contribution in [0, 0.1) is 11.3 Å². The molecule has 10 nitrogen and oxygen atoms in total. The largest absolute Gasteiger partial charge is 0.493 e. The van der Waals surface area contributed by atoms with E-state index in [1.807, 2.05) is 11.8 Å². The van der Waals surface area contributed by atoms with E-state index in [-0.39, 0.29) is 40.1 Å². The van der Waals surface area contributed by atoms with Gasteiger partial charge in [0.15, 0.2) is 5.13 Å². The number of rotatable bonds is 10. The number of carbonyl (C=O) groups is 2. The predicted molar refractivity (Wildman–Crippen MR) is 169 cm³/mol. The van der Waals surface area contributed by atoms with Gasteiger partial charge in [-0.25, -0.2) is 15.0 Å². The highest BCUT2D eigenvalue weighted by atomic mass is 32.1. The van der Waals surface area contributed by atoms with E-state index >= 15 is 0 Å². The molecule has 4 heterocycles. The highest BCUT2D eigenvalue weighted by Crippen LogP contribution is 2.41. The van der Waals surface area contributed by atoms with Gasteiger partial charge in [-0.1, -0.05) is 32.1 Å². The molecule has 2 aliphatic heterocycles. The van der Waals surface area contributed by atoms with Crippen LogP contribution in [0.2, 0.25) is 0 Å².